The van der Waals surface area contributed by atoms with Crippen LogP contribution in [0.15, 0.2) is 23.3 Å². The fourth-order valence-electron chi connectivity index (χ4n) is 3.62. The maximum Gasteiger partial charge on any atom is 0.261 e. The molecule has 0 atom stereocenters. The van der Waals surface area contributed by atoms with Crippen LogP contribution < -0.4 is 20.3 Å². The smallest absolute Gasteiger partial charge is 0.261 e. The number of hydrogen-bond donors (Lipinski definition) is 1. The molecule has 0 saturated carbocycles. The van der Waals surface area contributed by atoms with Crippen molar-refractivity contribution in [3.8, 4) is 11.5 Å². The van der Waals surface area contributed by atoms with Crippen LogP contribution in [-0.2, 0) is 11.3 Å². The zero-order chi connectivity index (χ0) is 20.1. The van der Waals surface area contributed by atoms with E-state index in [0.29, 0.717) is 47.8 Å². The summed E-state index contributed by atoms with van der Waals surface area (Å²) in [6, 6.07) is 3.65. The van der Waals surface area contributed by atoms with Gasteiger partial charge in [0.2, 0.25) is 5.91 Å². The second-order valence-electron chi connectivity index (χ2n) is 7.06. The van der Waals surface area contributed by atoms with Gasteiger partial charge >= 0.3 is 0 Å². The number of amides is 1. The average molecular weight is 425 g/mol. The Balaban J connectivity index is 0.00000300. The molecule has 0 aliphatic carbocycles. The van der Waals surface area contributed by atoms with E-state index < -0.39 is 0 Å². The third kappa shape index (κ3) is 5.19. The molecule has 1 fully saturated rings. The lowest BCUT2D eigenvalue weighted by Gasteiger charge is -2.31. The van der Waals surface area contributed by atoms with Gasteiger partial charge in [0.25, 0.3) is 5.56 Å². The first-order chi connectivity index (χ1) is 13.5. The van der Waals surface area contributed by atoms with Crippen molar-refractivity contribution in [3.05, 3.63) is 28.8 Å². The van der Waals surface area contributed by atoms with Crippen LogP contribution in [0.4, 0.5) is 0 Å². The molecule has 1 N–H and O–H groups in total. The van der Waals surface area contributed by atoms with Crippen molar-refractivity contribution in [3.63, 3.8) is 0 Å². The summed E-state index contributed by atoms with van der Waals surface area (Å²) < 4.78 is 12.1. The number of benzene rings is 1. The molecule has 0 spiro atoms. The molecule has 29 heavy (non-hydrogen) atoms. The Morgan fingerprint density at radius 3 is 2.55 bits per heavy atom. The Hall–Kier alpha value is -2.32. The molecule has 3 rings (SSSR count). The van der Waals surface area contributed by atoms with E-state index in [1.165, 1.54) is 13.4 Å². The van der Waals surface area contributed by atoms with Gasteiger partial charge in [-0.2, -0.15) is 0 Å². The van der Waals surface area contributed by atoms with E-state index in [4.69, 9.17) is 9.47 Å². The molecular weight excluding hydrogens is 396 g/mol. The topological polar surface area (TPSA) is 85.7 Å². The van der Waals surface area contributed by atoms with Gasteiger partial charge in [-0.15, -0.1) is 12.4 Å². The second kappa shape index (κ2) is 10.5. The van der Waals surface area contributed by atoms with Crippen LogP contribution in [0.1, 0.15) is 25.7 Å². The molecule has 2 aromatic rings. The second-order valence-corrected chi connectivity index (χ2v) is 7.06. The molecule has 8 nitrogen and oxygen atoms in total. The summed E-state index contributed by atoms with van der Waals surface area (Å²) >= 11 is 0. The Bertz CT molecular complexity index is 896. The van der Waals surface area contributed by atoms with E-state index in [0.717, 1.165) is 25.9 Å². The molecule has 1 aromatic heterocycles. The average Bonchev–Trinajstić information content (AvgIpc) is 2.74. The fraction of sp³-hybridized carbons (Fsp3) is 0.550. The lowest BCUT2D eigenvalue weighted by atomic mass is 10.0. The number of aromatic nitrogens is 2. The number of aryl methyl sites for hydroxylation is 1. The zero-order valence-corrected chi connectivity index (χ0v) is 18.0. The highest BCUT2D eigenvalue weighted by Gasteiger charge is 2.21. The van der Waals surface area contributed by atoms with Gasteiger partial charge in [-0.05, 0) is 38.4 Å². The molecule has 1 aliphatic rings. The third-order valence-electron chi connectivity index (χ3n) is 5.37. The van der Waals surface area contributed by atoms with Gasteiger partial charge in [-0.1, -0.05) is 0 Å². The van der Waals surface area contributed by atoms with Gasteiger partial charge in [0.1, 0.15) is 0 Å². The lowest BCUT2D eigenvalue weighted by Crippen LogP contribution is -2.43. The molecule has 0 radical (unpaired) electrons. The lowest BCUT2D eigenvalue weighted by molar-refractivity contribution is -0.132. The van der Waals surface area contributed by atoms with Crippen molar-refractivity contribution >= 4 is 29.2 Å². The number of nitrogens with zero attached hydrogens (tertiary/aromatic N) is 3. The van der Waals surface area contributed by atoms with Crippen molar-refractivity contribution in [1.29, 1.82) is 0 Å². The first kappa shape index (κ1) is 23.0. The minimum Gasteiger partial charge on any atom is -0.493 e. The first-order valence-corrected chi connectivity index (χ1v) is 9.62. The fourth-order valence-corrected chi connectivity index (χ4v) is 3.62. The van der Waals surface area contributed by atoms with Crippen LogP contribution in [0.25, 0.3) is 10.9 Å². The van der Waals surface area contributed by atoms with Crippen molar-refractivity contribution in [2.24, 2.45) is 0 Å². The highest BCUT2D eigenvalue weighted by atomic mass is 35.5. The molecule has 9 heteroatoms. The van der Waals surface area contributed by atoms with E-state index in [-0.39, 0.29) is 23.9 Å². The molecule has 1 aliphatic heterocycles. The van der Waals surface area contributed by atoms with Crippen molar-refractivity contribution in [1.82, 2.24) is 19.8 Å². The SMILES string of the molecule is COc1cc2ncn(CCCC(=O)N(C)C3CCNCC3)c(=O)c2cc1OC.Cl. The van der Waals surface area contributed by atoms with Crippen LogP contribution >= 0.6 is 12.4 Å². The monoisotopic (exact) mass is 424 g/mol. The maximum absolute atomic E-state index is 12.8. The predicted molar refractivity (Wildman–Crippen MR) is 114 cm³/mol. The Kier molecular flexibility index (Phi) is 8.28. The van der Waals surface area contributed by atoms with Crippen LogP contribution in [0.3, 0.4) is 0 Å². The quantitative estimate of drug-likeness (QED) is 0.729. The number of rotatable bonds is 7. The summed E-state index contributed by atoms with van der Waals surface area (Å²) in [6.45, 7) is 2.35. The zero-order valence-electron chi connectivity index (χ0n) is 17.1. The normalized spacial score (nSPS) is 14.3. The molecule has 1 saturated heterocycles. The minimum atomic E-state index is -0.148. The van der Waals surface area contributed by atoms with E-state index in [9.17, 15) is 9.59 Å². The third-order valence-corrected chi connectivity index (χ3v) is 5.37. The Morgan fingerprint density at radius 1 is 1.24 bits per heavy atom. The molecule has 1 aromatic carbocycles. The van der Waals surface area contributed by atoms with E-state index in [2.05, 4.69) is 10.3 Å². The number of carbonyl (C=O) groups excluding carboxylic acids is 1. The van der Waals surface area contributed by atoms with Gasteiger partial charge < -0.3 is 19.7 Å². The summed E-state index contributed by atoms with van der Waals surface area (Å²) in [4.78, 5) is 31.5. The Labute approximate surface area is 176 Å². The van der Waals surface area contributed by atoms with Crippen molar-refractivity contribution in [2.45, 2.75) is 38.3 Å². The number of ether oxygens (including phenoxy) is 2. The molecule has 160 valence electrons. The van der Waals surface area contributed by atoms with E-state index >= 15 is 0 Å². The number of hydrogen-bond acceptors (Lipinski definition) is 6. The molecule has 0 bridgehead atoms. The van der Waals surface area contributed by atoms with Crippen LogP contribution in [0.2, 0.25) is 0 Å². The number of piperidine rings is 1. The van der Waals surface area contributed by atoms with Crippen molar-refractivity contribution < 1.29 is 14.3 Å². The van der Waals surface area contributed by atoms with E-state index in [1.807, 2.05) is 11.9 Å². The summed E-state index contributed by atoms with van der Waals surface area (Å²) in [6.07, 6.45) is 4.51. The molecule has 2 heterocycles. The number of halogens is 1. The maximum atomic E-state index is 12.8. The summed E-state index contributed by atoms with van der Waals surface area (Å²) in [5, 5.41) is 3.78. The highest BCUT2D eigenvalue weighted by Crippen LogP contribution is 2.29. The summed E-state index contributed by atoms with van der Waals surface area (Å²) in [5.41, 5.74) is 0.408. The van der Waals surface area contributed by atoms with Gasteiger partial charge in [0.15, 0.2) is 11.5 Å². The molecule has 0 unspecified atom stereocenters. The van der Waals surface area contributed by atoms with E-state index in [1.54, 1.807) is 23.8 Å². The summed E-state index contributed by atoms with van der Waals surface area (Å²) in [7, 11) is 4.95. The predicted octanol–water partition coefficient (Wildman–Crippen LogP) is 1.83. The van der Waals surface area contributed by atoms with Gasteiger partial charge in [0, 0.05) is 32.1 Å². The highest BCUT2D eigenvalue weighted by molar-refractivity contribution is 5.85. The largest absolute Gasteiger partial charge is 0.493 e. The molecule has 1 amide bonds. The van der Waals surface area contributed by atoms with Crippen LogP contribution in [0.5, 0.6) is 11.5 Å². The van der Waals surface area contributed by atoms with Gasteiger partial charge in [-0.25, -0.2) is 4.98 Å². The summed E-state index contributed by atoms with van der Waals surface area (Å²) in [5.74, 6) is 1.15. The number of fused-ring (bicyclic) bond motifs is 1. The van der Waals surface area contributed by atoms with Crippen molar-refractivity contribution in [2.75, 3.05) is 34.4 Å². The first-order valence-electron chi connectivity index (χ1n) is 9.62. The Morgan fingerprint density at radius 2 is 1.90 bits per heavy atom. The minimum absolute atomic E-state index is 0. The van der Waals surface area contributed by atoms with Crippen LogP contribution in [-0.4, -0.2) is 60.8 Å². The molecular formula is C20H29ClN4O4. The number of carbonyl (C=O) groups is 1. The number of methoxy groups -OCH3 is 2. The van der Waals surface area contributed by atoms with Gasteiger partial charge in [0.05, 0.1) is 31.4 Å². The van der Waals surface area contributed by atoms with Crippen LogP contribution in [0, 0.1) is 0 Å². The standard InChI is InChI=1S/C20H28N4O4.ClH/c1-23(14-6-8-21-9-7-14)19(25)5-4-10-24-13-22-16-12-18(28-3)17(27-2)11-15(16)20(24)26;/h11-14,21H,4-10H2,1-3H3;1H. The number of nitrogens with one attached hydrogen (secondary N) is 1. The van der Waals surface area contributed by atoms with Gasteiger partial charge in [-0.3, -0.25) is 14.2 Å².